The fourth-order valence-corrected chi connectivity index (χ4v) is 4.95. The number of para-hydroxylation sites is 1. The standard InChI is InChI=1S/C25H22N8O/c1-3-16-9-11-32-20(16)23(34)33(18-7-5-4-6-8-18)24(30-32)25(2)10-12-31(25)22-19-17(13-26)14-27-21(19)28-15-29-22/h4-9,11,14-15H,3,10,12H2,1-2H3,(H,27,28,29)/t25-/m0/s1. The molecule has 168 valence electrons. The molecule has 0 aliphatic carbocycles. The van der Waals surface area contributed by atoms with Gasteiger partial charge in [-0.1, -0.05) is 25.1 Å². The summed E-state index contributed by atoms with van der Waals surface area (Å²) in [5.41, 5.74) is 2.70. The molecule has 0 saturated carbocycles. The third-order valence-electron chi connectivity index (χ3n) is 6.89. The highest BCUT2D eigenvalue weighted by Gasteiger charge is 2.48. The maximum Gasteiger partial charge on any atom is 0.282 e. The van der Waals surface area contributed by atoms with Crippen LogP contribution in [0.1, 0.15) is 37.2 Å². The highest BCUT2D eigenvalue weighted by atomic mass is 16.1. The largest absolute Gasteiger partial charge is 0.345 e. The first-order chi connectivity index (χ1) is 16.6. The van der Waals surface area contributed by atoms with Gasteiger partial charge < -0.3 is 9.88 Å². The molecule has 5 heterocycles. The molecule has 1 N–H and O–H groups in total. The number of hydrogen-bond acceptors (Lipinski definition) is 6. The molecule has 0 radical (unpaired) electrons. The van der Waals surface area contributed by atoms with Crippen molar-refractivity contribution in [1.82, 2.24) is 29.1 Å². The lowest BCUT2D eigenvalue weighted by Crippen LogP contribution is -2.58. The molecule has 1 aliphatic rings. The quantitative estimate of drug-likeness (QED) is 0.450. The molecule has 0 spiro atoms. The van der Waals surface area contributed by atoms with Gasteiger partial charge in [-0.25, -0.2) is 14.5 Å². The number of anilines is 1. The minimum atomic E-state index is -0.620. The second-order valence-corrected chi connectivity index (χ2v) is 8.70. The fourth-order valence-electron chi connectivity index (χ4n) is 4.95. The molecule has 5 aromatic rings. The van der Waals surface area contributed by atoms with Crippen LogP contribution in [-0.2, 0) is 12.0 Å². The van der Waals surface area contributed by atoms with Crippen molar-refractivity contribution >= 4 is 22.4 Å². The van der Waals surface area contributed by atoms with Gasteiger partial charge in [0.1, 0.15) is 34.9 Å². The van der Waals surface area contributed by atoms with Crippen molar-refractivity contribution in [2.45, 2.75) is 32.2 Å². The van der Waals surface area contributed by atoms with E-state index >= 15 is 0 Å². The van der Waals surface area contributed by atoms with Crippen molar-refractivity contribution < 1.29 is 0 Å². The molecule has 4 aromatic heterocycles. The van der Waals surface area contributed by atoms with Crippen LogP contribution in [0, 0.1) is 11.3 Å². The van der Waals surface area contributed by atoms with E-state index in [9.17, 15) is 10.1 Å². The van der Waals surface area contributed by atoms with Gasteiger partial charge in [0, 0.05) is 18.9 Å². The van der Waals surface area contributed by atoms with Crippen molar-refractivity contribution in [3.05, 3.63) is 82.4 Å². The first-order valence-electron chi connectivity index (χ1n) is 11.3. The molecule has 1 fully saturated rings. The molecule has 1 atom stereocenters. The van der Waals surface area contributed by atoms with Crippen LogP contribution in [0.2, 0.25) is 0 Å². The van der Waals surface area contributed by atoms with E-state index in [1.165, 1.54) is 6.33 Å². The second kappa shape index (κ2) is 7.28. The number of aromatic amines is 1. The maximum atomic E-state index is 13.9. The summed E-state index contributed by atoms with van der Waals surface area (Å²) in [6, 6.07) is 13.8. The molecule has 0 unspecified atom stereocenters. The zero-order valence-electron chi connectivity index (χ0n) is 18.9. The summed E-state index contributed by atoms with van der Waals surface area (Å²) >= 11 is 0. The minimum Gasteiger partial charge on any atom is -0.345 e. The Hall–Kier alpha value is -4.45. The number of aryl methyl sites for hydroxylation is 1. The summed E-state index contributed by atoms with van der Waals surface area (Å²) in [6.07, 6.45) is 6.51. The summed E-state index contributed by atoms with van der Waals surface area (Å²) < 4.78 is 3.42. The van der Waals surface area contributed by atoms with Gasteiger partial charge in [0.2, 0.25) is 0 Å². The first kappa shape index (κ1) is 20.2. The number of fused-ring (bicyclic) bond motifs is 2. The maximum absolute atomic E-state index is 13.9. The van der Waals surface area contributed by atoms with E-state index in [0.29, 0.717) is 40.3 Å². The van der Waals surface area contributed by atoms with Gasteiger partial charge in [-0.05, 0) is 43.5 Å². The van der Waals surface area contributed by atoms with Crippen LogP contribution in [0.3, 0.4) is 0 Å². The topological polar surface area (TPSA) is 108 Å². The van der Waals surface area contributed by atoms with E-state index in [1.54, 1.807) is 15.3 Å². The number of benzene rings is 1. The molecule has 1 aromatic carbocycles. The Balaban J connectivity index is 1.62. The van der Waals surface area contributed by atoms with Crippen molar-refractivity contribution in [2.75, 3.05) is 11.4 Å². The lowest BCUT2D eigenvalue weighted by Gasteiger charge is -2.51. The van der Waals surface area contributed by atoms with Crippen LogP contribution in [0.25, 0.3) is 22.2 Å². The molecule has 34 heavy (non-hydrogen) atoms. The SMILES string of the molecule is CCc1ccn2nc([C@]3(C)CCN3c3ncnc4[nH]cc(C#N)c34)n(-c3ccccc3)c(=O)c12. The Kier molecular flexibility index (Phi) is 4.32. The van der Waals surface area contributed by atoms with Gasteiger partial charge >= 0.3 is 0 Å². The molecule has 6 rings (SSSR count). The summed E-state index contributed by atoms with van der Waals surface area (Å²) in [5, 5.41) is 15.3. The van der Waals surface area contributed by atoms with E-state index < -0.39 is 5.54 Å². The predicted octanol–water partition coefficient (Wildman–Crippen LogP) is 3.32. The Morgan fingerprint density at radius 3 is 2.74 bits per heavy atom. The predicted molar refractivity (Wildman–Crippen MR) is 128 cm³/mol. The van der Waals surface area contributed by atoms with Gasteiger partial charge in [-0.3, -0.25) is 9.36 Å². The molecule has 1 aliphatic heterocycles. The minimum absolute atomic E-state index is 0.0988. The van der Waals surface area contributed by atoms with Crippen LogP contribution in [0.5, 0.6) is 0 Å². The van der Waals surface area contributed by atoms with Gasteiger partial charge in [0.15, 0.2) is 5.82 Å². The normalized spacial score (nSPS) is 17.7. The van der Waals surface area contributed by atoms with Gasteiger partial charge in [-0.2, -0.15) is 10.4 Å². The summed E-state index contributed by atoms with van der Waals surface area (Å²) in [7, 11) is 0. The van der Waals surface area contributed by atoms with Crippen LogP contribution in [-0.4, -0.2) is 35.7 Å². The molecular formula is C25H22N8O. The number of H-pyrrole nitrogens is 1. The van der Waals surface area contributed by atoms with E-state index in [4.69, 9.17) is 5.10 Å². The number of rotatable bonds is 4. The fraction of sp³-hybridized carbons (Fsp3) is 0.240. The van der Waals surface area contributed by atoms with Gasteiger partial charge in [-0.15, -0.1) is 0 Å². The molecule has 0 amide bonds. The first-order valence-corrected chi connectivity index (χ1v) is 11.3. The number of aromatic nitrogens is 6. The Labute approximate surface area is 194 Å². The third kappa shape index (κ3) is 2.65. The van der Waals surface area contributed by atoms with Crippen molar-refractivity contribution in [3.8, 4) is 11.8 Å². The van der Waals surface area contributed by atoms with Crippen molar-refractivity contribution in [1.29, 1.82) is 5.26 Å². The van der Waals surface area contributed by atoms with Gasteiger partial charge in [0.05, 0.1) is 16.6 Å². The Morgan fingerprint density at radius 2 is 2.03 bits per heavy atom. The lowest BCUT2D eigenvalue weighted by atomic mass is 9.85. The zero-order valence-corrected chi connectivity index (χ0v) is 18.9. The number of hydrogen-bond donors (Lipinski definition) is 1. The molecular weight excluding hydrogens is 428 g/mol. The summed E-state index contributed by atoms with van der Waals surface area (Å²) in [5.74, 6) is 1.29. The third-order valence-corrected chi connectivity index (χ3v) is 6.89. The highest BCUT2D eigenvalue weighted by Crippen LogP contribution is 2.44. The molecule has 0 bridgehead atoms. The monoisotopic (exact) mass is 450 g/mol. The summed E-state index contributed by atoms with van der Waals surface area (Å²) in [6.45, 7) is 4.82. The van der Waals surface area contributed by atoms with Crippen LogP contribution in [0.4, 0.5) is 5.82 Å². The number of nitriles is 1. The average molecular weight is 451 g/mol. The highest BCUT2D eigenvalue weighted by molar-refractivity contribution is 5.93. The second-order valence-electron chi connectivity index (χ2n) is 8.70. The molecule has 9 heteroatoms. The van der Waals surface area contributed by atoms with Crippen LogP contribution in [0.15, 0.2) is 59.9 Å². The van der Waals surface area contributed by atoms with E-state index in [1.807, 2.05) is 49.5 Å². The Bertz CT molecular complexity index is 1660. The zero-order chi connectivity index (χ0) is 23.4. The van der Waals surface area contributed by atoms with E-state index in [2.05, 4.69) is 32.8 Å². The number of nitrogens with one attached hydrogen (secondary N) is 1. The Morgan fingerprint density at radius 1 is 1.21 bits per heavy atom. The van der Waals surface area contributed by atoms with E-state index in [0.717, 1.165) is 24.1 Å². The smallest absolute Gasteiger partial charge is 0.282 e. The van der Waals surface area contributed by atoms with Crippen LogP contribution >= 0.6 is 0 Å². The lowest BCUT2D eigenvalue weighted by molar-refractivity contribution is 0.278. The molecule has 9 nitrogen and oxygen atoms in total. The van der Waals surface area contributed by atoms with Crippen LogP contribution < -0.4 is 10.5 Å². The van der Waals surface area contributed by atoms with Crippen molar-refractivity contribution in [3.63, 3.8) is 0 Å². The summed E-state index contributed by atoms with van der Waals surface area (Å²) in [4.78, 5) is 27.9. The van der Waals surface area contributed by atoms with E-state index in [-0.39, 0.29) is 5.56 Å². The van der Waals surface area contributed by atoms with Gasteiger partial charge in [0.25, 0.3) is 5.56 Å². The average Bonchev–Trinajstić information content (AvgIpc) is 3.48. The molecule has 1 saturated heterocycles. The van der Waals surface area contributed by atoms with Crippen molar-refractivity contribution in [2.24, 2.45) is 0 Å². The number of nitrogens with zero attached hydrogens (tertiary/aromatic N) is 7.